The van der Waals surface area contributed by atoms with Crippen molar-refractivity contribution in [1.29, 1.82) is 0 Å². The molecule has 0 radical (unpaired) electrons. The molecule has 0 heterocycles. The van der Waals surface area contributed by atoms with Gasteiger partial charge in [-0.2, -0.15) is 0 Å². The van der Waals surface area contributed by atoms with Gasteiger partial charge in [0.15, 0.2) is 6.10 Å². The Bertz CT molecular complexity index is 1290. The number of carbonyl (C=O) groups excluding carboxylic acids is 3. The molecule has 0 fully saturated rings. The summed E-state index contributed by atoms with van der Waals surface area (Å²) < 4.78 is 16.9. The Morgan fingerprint density at radius 1 is 0.304 bits per heavy atom. The average molecular weight is 964 g/mol. The fourth-order valence-electron chi connectivity index (χ4n) is 8.27. The molecule has 0 aromatic rings. The molecule has 0 saturated heterocycles. The van der Waals surface area contributed by atoms with Crippen LogP contribution in [0.2, 0.25) is 0 Å². The fraction of sp³-hybridized carbons (Fsp3) is 0.762. The summed E-state index contributed by atoms with van der Waals surface area (Å²) >= 11 is 0. The van der Waals surface area contributed by atoms with Gasteiger partial charge < -0.3 is 14.2 Å². The Labute approximate surface area is 427 Å². The van der Waals surface area contributed by atoms with Crippen molar-refractivity contribution in [1.82, 2.24) is 0 Å². The van der Waals surface area contributed by atoms with Crippen molar-refractivity contribution in [3.8, 4) is 0 Å². The molecular weight excluding hydrogens is 853 g/mol. The maximum Gasteiger partial charge on any atom is 0.306 e. The number of allylic oxidation sites excluding steroid dienone is 12. The van der Waals surface area contributed by atoms with Gasteiger partial charge >= 0.3 is 17.9 Å². The summed E-state index contributed by atoms with van der Waals surface area (Å²) in [7, 11) is 0. The summed E-state index contributed by atoms with van der Waals surface area (Å²) in [5, 5.41) is 0. The maximum atomic E-state index is 12.9. The van der Waals surface area contributed by atoms with E-state index < -0.39 is 6.10 Å². The number of unbranched alkanes of at least 4 members (excludes halogenated alkanes) is 30. The van der Waals surface area contributed by atoms with E-state index in [1.165, 1.54) is 141 Å². The third-order valence-corrected chi connectivity index (χ3v) is 12.7. The minimum absolute atomic E-state index is 0.0853. The van der Waals surface area contributed by atoms with Crippen LogP contribution in [0.15, 0.2) is 72.9 Å². The first-order valence-electron chi connectivity index (χ1n) is 29.4. The molecule has 0 amide bonds. The Kier molecular flexibility index (Phi) is 54.8. The number of esters is 3. The van der Waals surface area contributed by atoms with Gasteiger partial charge in [0, 0.05) is 19.3 Å². The van der Waals surface area contributed by atoms with Crippen LogP contribution in [-0.2, 0) is 28.6 Å². The summed E-state index contributed by atoms with van der Waals surface area (Å²) in [6, 6.07) is 0. The second-order valence-electron chi connectivity index (χ2n) is 19.5. The Morgan fingerprint density at radius 2 is 0.580 bits per heavy atom. The molecule has 0 aliphatic carbocycles. The lowest BCUT2D eigenvalue weighted by molar-refractivity contribution is -0.167. The zero-order chi connectivity index (χ0) is 50.0. The maximum absolute atomic E-state index is 12.9. The van der Waals surface area contributed by atoms with E-state index in [9.17, 15) is 14.4 Å². The fourth-order valence-corrected chi connectivity index (χ4v) is 8.27. The molecular formula is C63H110O6. The standard InChI is InChI=1S/C63H110O6/c1-4-7-10-13-16-19-22-25-28-30-32-34-35-38-41-44-47-50-53-56-62(65)68-59-60(58-67-61(64)55-52-49-46-43-40-37-27-24-21-18-15-12-9-6-3)69-63(66)57-54-51-48-45-42-39-36-33-31-29-26-23-20-17-14-11-8-5-2/h7,10,15-16,18-19,24-25,27-28,32,34,60H,4-6,8-9,11-14,17,20-23,26,29-31,33,35-59H2,1-3H3/b10-7-,18-15-,19-16-,27-24-,28-25-,34-32-. The van der Waals surface area contributed by atoms with Gasteiger partial charge in [0.05, 0.1) is 0 Å². The highest BCUT2D eigenvalue weighted by molar-refractivity contribution is 5.71. The van der Waals surface area contributed by atoms with Gasteiger partial charge in [0.1, 0.15) is 13.2 Å². The van der Waals surface area contributed by atoms with Crippen LogP contribution < -0.4 is 0 Å². The summed E-state index contributed by atoms with van der Waals surface area (Å²) in [5.41, 5.74) is 0. The van der Waals surface area contributed by atoms with Crippen molar-refractivity contribution in [3.05, 3.63) is 72.9 Å². The van der Waals surface area contributed by atoms with E-state index in [2.05, 4.69) is 93.7 Å². The zero-order valence-corrected chi connectivity index (χ0v) is 45.6. The van der Waals surface area contributed by atoms with Gasteiger partial charge in [-0.15, -0.1) is 0 Å². The van der Waals surface area contributed by atoms with Gasteiger partial charge in [-0.25, -0.2) is 0 Å². The average Bonchev–Trinajstić information content (AvgIpc) is 3.35. The van der Waals surface area contributed by atoms with Crippen molar-refractivity contribution < 1.29 is 28.6 Å². The largest absolute Gasteiger partial charge is 0.462 e. The van der Waals surface area contributed by atoms with Crippen molar-refractivity contribution in [2.24, 2.45) is 0 Å². The van der Waals surface area contributed by atoms with Crippen molar-refractivity contribution in [2.75, 3.05) is 13.2 Å². The van der Waals surface area contributed by atoms with Crippen LogP contribution in [0.25, 0.3) is 0 Å². The van der Waals surface area contributed by atoms with Crippen LogP contribution in [0.1, 0.15) is 290 Å². The highest BCUT2D eigenvalue weighted by Gasteiger charge is 2.19. The minimum Gasteiger partial charge on any atom is -0.462 e. The molecule has 0 rings (SSSR count). The molecule has 0 aromatic carbocycles. The summed E-state index contributed by atoms with van der Waals surface area (Å²) in [6.45, 7) is 6.49. The normalized spacial score (nSPS) is 12.6. The van der Waals surface area contributed by atoms with Crippen LogP contribution in [0.3, 0.4) is 0 Å². The lowest BCUT2D eigenvalue weighted by Crippen LogP contribution is -2.30. The minimum atomic E-state index is -0.786. The van der Waals surface area contributed by atoms with Crippen molar-refractivity contribution in [3.63, 3.8) is 0 Å². The first kappa shape index (κ1) is 65.8. The smallest absolute Gasteiger partial charge is 0.306 e. The molecule has 398 valence electrons. The van der Waals surface area contributed by atoms with Crippen molar-refractivity contribution in [2.45, 2.75) is 297 Å². The number of ether oxygens (including phenoxy) is 3. The Hall–Kier alpha value is -3.15. The van der Waals surface area contributed by atoms with E-state index in [0.717, 1.165) is 109 Å². The third kappa shape index (κ3) is 55.6. The van der Waals surface area contributed by atoms with Crippen LogP contribution in [0.4, 0.5) is 0 Å². The Balaban J connectivity index is 4.39. The molecule has 0 saturated carbocycles. The molecule has 0 aliphatic rings. The van der Waals surface area contributed by atoms with E-state index in [-0.39, 0.29) is 31.1 Å². The zero-order valence-electron chi connectivity index (χ0n) is 45.6. The molecule has 0 spiro atoms. The summed E-state index contributed by atoms with van der Waals surface area (Å²) in [5.74, 6) is -0.900. The first-order valence-corrected chi connectivity index (χ1v) is 29.4. The van der Waals surface area contributed by atoms with Crippen LogP contribution in [0, 0.1) is 0 Å². The number of rotatable bonds is 53. The monoisotopic (exact) mass is 963 g/mol. The first-order chi connectivity index (χ1) is 34.0. The third-order valence-electron chi connectivity index (χ3n) is 12.7. The quantitative estimate of drug-likeness (QED) is 0.0262. The summed E-state index contributed by atoms with van der Waals surface area (Å²) in [4.78, 5) is 38.2. The Morgan fingerprint density at radius 3 is 0.928 bits per heavy atom. The van der Waals surface area contributed by atoms with E-state index in [4.69, 9.17) is 14.2 Å². The molecule has 0 aromatic heterocycles. The van der Waals surface area contributed by atoms with Crippen LogP contribution in [-0.4, -0.2) is 37.2 Å². The molecule has 69 heavy (non-hydrogen) atoms. The second kappa shape index (κ2) is 57.4. The molecule has 1 unspecified atom stereocenters. The molecule has 6 nitrogen and oxygen atoms in total. The van der Waals surface area contributed by atoms with Crippen molar-refractivity contribution >= 4 is 17.9 Å². The van der Waals surface area contributed by atoms with E-state index in [0.29, 0.717) is 19.3 Å². The van der Waals surface area contributed by atoms with Gasteiger partial charge in [-0.3, -0.25) is 14.4 Å². The number of hydrogen-bond acceptors (Lipinski definition) is 6. The topological polar surface area (TPSA) is 78.9 Å². The van der Waals surface area contributed by atoms with Crippen LogP contribution in [0.5, 0.6) is 0 Å². The van der Waals surface area contributed by atoms with Gasteiger partial charge in [0.2, 0.25) is 0 Å². The van der Waals surface area contributed by atoms with E-state index >= 15 is 0 Å². The second-order valence-corrected chi connectivity index (χ2v) is 19.5. The predicted molar refractivity (Wildman–Crippen MR) is 298 cm³/mol. The predicted octanol–water partition coefficient (Wildman–Crippen LogP) is 19.8. The van der Waals surface area contributed by atoms with E-state index in [1.54, 1.807) is 0 Å². The van der Waals surface area contributed by atoms with Gasteiger partial charge in [-0.1, -0.05) is 261 Å². The molecule has 6 heteroatoms. The summed E-state index contributed by atoms with van der Waals surface area (Å²) in [6.07, 6.45) is 73.2. The lowest BCUT2D eigenvalue weighted by atomic mass is 10.0. The number of hydrogen-bond donors (Lipinski definition) is 0. The van der Waals surface area contributed by atoms with E-state index in [1.807, 2.05) is 0 Å². The molecule has 0 aliphatic heterocycles. The van der Waals surface area contributed by atoms with Crippen LogP contribution >= 0.6 is 0 Å². The van der Waals surface area contributed by atoms with Gasteiger partial charge in [-0.05, 0) is 83.5 Å². The number of carbonyl (C=O) groups is 3. The molecule has 0 N–H and O–H groups in total. The molecule has 0 bridgehead atoms. The highest BCUT2D eigenvalue weighted by atomic mass is 16.6. The SMILES string of the molecule is CC/C=C\C/C=C\C/C=C\C/C=C\CCCCCCCCC(=O)OCC(COC(=O)CCCCCCC/C=C\C/C=C\CCCC)OC(=O)CCCCCCCCCCCCCCCCCCCC. The lowest BCUT2D eigenvalue weighted by Gasteiger charge is -2.18. The van der Waals surface area contributed by atoms with Gasteiger partial charge in [0.25, 0.3) is 0 Å². The molecule has 1 atom stereocenters. The highest BCUT2D eigenvalue weighted by Crippen LogP contribution is 2.16.